The molecule has 574 valence electrons. The number of aromatic nitrogens is 4. The number of ketones is 2. The topological polar surface area (TPSA) is 382 Å². The summed E-state index contributed by atoms with van der Waals surface area (Å²) in [5.74, 6) is -0.552. The molecule has 0 aliphatic carbocycles. The first-order valence-corrected chi connectivity index (χ1v) is 37.0. The summed E-state index contributed by atoms with van der Waals surface area (Å²) in [6.45, 7) is 10.7. The fourth-order valence-corrected chi connectivity index (χ4v) is 13.2. The van der Waals surface area contributed by atoms with Gasteiger partial charge in [0.2, 0.25) is 11.8 Å². The molecule has 2 fully saturated rings. The zero-order chi connectivity index (χ0) is 79.5. The molecular weight excluding hydrogens is 1650 g/mol. The predicted molar refractivity (Wildman–Crippen MR) is 437 cm³/mol. The molecule has 0 spiro atoms. The maximum Gasteiger partial charge on any atom is 1.00 e. The molecule has 21 nitrogen and oxygen atoms in total. The summed E-state index contributed by atoms with van der Waals surface area (Å²) in [5, 5.41) is 73.9. The number of halogens is 6. The molecule has 2 aliphatic heterocycles. The molecule has 2 aromatic heterocycles. The van der Waals surface area contributed by atoms with E-state index in [2.05, 4.69) is 58.3 Å². The first-order chi connectivity index (χ1) is 52.3. The van der Waals surface area contributed by atoms with Gasteiger partial charge >= 0.3 is 60.4 Å². The number of carbonyl (C=O) groups is 6. The van der Waals surface area contributed by atoms with Crippen molar-refractivity contribution in [2.45, 2.75) is 97.3 Å². The number of nitrogens with two attached hydrogens (primary N) is 1. The van der Waals surface area contributed by atoms with Crippen molar-refractivity contribution in [3.63, 3.8) is 0 Å². The molecule has 29 heteroatoms. The van der Waals surface area contributed by atoms with Gasteiger partial charge in [-0.2, -0.15) is 26.0 Å². The number of carboxylic acids is 2. The second-order valence-electron chi connectivity index (χ2n) is 25.0. The smallest absolute Gasteiger partial charge is 0.870 e. The summed E-state index contributed by atoms with van der Waals surface area (Å²) < 4.78 is 1.94. The van der Waals surface area contributed by atoms with Crippen LogP contribution in [0.1, 0.15) is 126 Å². The van der Waals surface area contributed by atoms with Crippen LogP contribution in [0.25, 0.3) is 22.5 Å². The summed E-state index contributed by atoms with van der Waals surface area (Å²) in [5.41, 5.74) is 18.3. The van der Waals surface area contributed by atoms with E-state index in [0.29, 0.717) is 112 Å². The van der Waals surface area contributed by atoms with Gasteiger partial charge in [-0.1, -0.05) is 189 Å². The number of nitrogens with one attached hydrogen (secondary N) is 3. The third-order valence-electron chi connectivity index (χ3n) is 16.7. The number of nitrogens with zero attached hydrogens (tertiary/aromatic N) is 8. The number of nitriles is 3. The number of piperidine rings is 2. The van der Waals surface area contributed by atoms with E-state index in [1.165, 1.54) is 0 Å². The molecule has 0 saturated carbocycles. The fraction of sp³-hybridized carbons (Fsp3) is 0.226. The van der Waals surface area contributed by atoms with Gasteiger partial charge in [0.05, 0.1) is 92.1 Å². The van der Waals surface area contributed by atoms with Crippen molar-refractivity contribution < 1.29 is 92.9 Å². The number of carbonyl (C=O) groups excluding carboxylic acids is 4. The number of carboxylic acid groups (broad SMARTS) is 2. The quantitative estimate of drug-likeness (QED) is 0.0213. The van der Waals surface area contributed by atoms with Crippen molar-refractivity contribution in [3.8, 4) is 40.7 Å². The van der Waals surface area contributed by atoms with Crippen LogP contribution in [0.4, 0.5) is 0 Å². The Bertz CT molecular complexity index is 4870. The standard InChI is InChI=1S/C23H23Cl2N5O.C23H20Cl2N4O.C10H9NO.C9H9BrO.C9H7NO2.C8H7BrO2.CN.CH4.Li.Na.H2O/c24-18-6-2-5-17(22(18)25)20-13-19(28-29-20)15-7-9-30(10-8-15)21(31)12-14-3-1-4-16(11-14)23(26)27;24-19-6-2-5-18(23(19)25)21-13-20(27-28-21)17-7-9-29(10-8-17)22(30)12-15-3-1-4-16(11-15)14-26;1-8(12)5-9-3-2-4-10(6-9)7-11;1-7(11)5-8-3-2-4-9(10)6-8;10-6-8-3-1-2-7(4-8)5-9(11)12;9-7-3-1-2-6(4-7)5-8(10)11;1-2;;;;/h1-6,11,13,15H,7-10,12H2,(H3,26,27)(H,28,29);1-6,11,13,17H,7-10,12H2,(H,27,28);2-4,6H,5H2,1H3;2-4,6H,5H2,1H3;1-4H,5H2,(H,11,12);1-4H,5H2,(H,10,11);;1H4;;;1H2/q;;;;;;-1;;2*+1;/p-1. The van der Waals surface area contributed by atoms with Gasteiger partial charge in [0.1, 0.15) is 17.4 Å². The maximum atomic E-state index is 12.7. The van der Waals surface area contributed by atoms with Crippen LogP contribution < -0.4 is 54.2 Å². The number of amides is 2. The molecule has 0 radical (unpaired) electrons. The molecule has 8 N–H and O–H groups in total. The Labute approximate surface area is 729 Å². The molecule has 0 atom stereocenters. The Morgan fingerprint density at radius 3 is 1.12 bits per heavy atom. The van der Waals surface area contributed by atoms with Gasteiger partial charge < -0.3 is 43.1 Å². The molecule has 0 bridgehead atoms. The minimum Gasteiger partial charge on any atom is -0.870 e. The Balaban J connectivity index is 0.000000484. The fourth-order valence-electron chi connectivity index (χ4n) is 11.5. The van der Waals surface area contributed by atoms with Crippen molar-refractivity contribution in [1.82, 2.24) is 30.2 Å². The molecule has 113 heavy (non-hydrogen) atoms. The number of Topliss-reactive ketones (excluding diaryl/α,β-unsaturated/α-hetero) is 2. The van der Waals surface area contributed by atoms with Gasteiger partial charge in [-0.25, -0.2) is 0 Å². The number of rotatable bonds is 17. The summed E-state index contributed by atoms with van der Waals surface area (Å²) >= 11 is 31.5. The molecule has 10 aromatic rings. The Kier molecular flexibility index (Phi) is 45.8. The largest absolute Gasteiger partial charge is 1.00 e. The second kappa shape index (κ2) is 52.0. The van der Waals surface area contributed by atoms with Crippen molar-refractivity contribution in [3.05, 3.63) is 297 Å². The van der Waals surface area contributed by atoms with E-state index in [4.69, 9.17) is 95.4 Å². The zero-order valence-electron chi connectivity index (χ0n) is 61.7. The number of aliphatic carboxylic acids is 2. The second-order valence-corrected chi connectivity index (χ2v) is 28.4. The van der Waals surface area contributed by atoms with Gasteiger partial charge in [-0.3, -0.25) is 44.4 Å². The summed E-state index contributed by atoms with van der Waals surface area (Å²) in [7, 11) is 0. The van der Waals surface area contributed by atoms with Gasteiger partial charge in [0.15, 0.2) is 0 Å². The SMILES string of the molecule is C.CC(=O)Cc1cccc(Br)c1.CC(=O)Cc1cccc(C#N)c1.N#Cc1cccc(CC(=O)N2CCC(c3cc(-c4cccc(Cl)c4Cl)n[nH]3)CC2)c1.N#Cc1cccc(CC(=O)O)c1.N=C(N)c1cccc(CC(=O)N2CCC(c3cc(-c4cccc(Cl)c4Cl)n[nH]3)CC2)c1.O=C(O)Cc1cccc(Br)c1.[C-]#N.[Li+].[Na+].[OH-]. The van der Waals surface area contributed by atoms with E-state index < -0.39 is 11.9 Å². The molecule has 2 saturated heterocycles. The van der Waals surface area contributed by atoms with E-state index in [1.54, 1.807) is 105 Å². The maximum absolute atomic E-state index is 12.7. The molecule has 4 heterocycles. The van der Waals surface area contributed by atoms with Crippen LogP contribution in [0.2, 0.25) is 20.1 Å². The van der Waals surface area contributed by atoms with Gasteiger partial charge in [-0.05, 0) is 164 Å². The first-order valence-electron chi connectivity index (χ1n) is 33.9. The first kappa shape index (κ1) is 99.6. The number of amidine groups is 1. The molecule has 2 amide bonds. The Hall–Kier alpha value is -9.49. The number of likely N-dealkylation sites (tertiary alicyclic amines) is 2. The minimum absolute atomic E-state index is 0. The van der Waals surface area contributed by atoms with Gasteiger partial charge in [-0.15, -0.1) is 0 Å². The summed E-state index contributed by atoms with van der Waals surface area (Å²) in [6.07, 6.45) is 5.09. The Morgan fingerprint density at radius 2 is 0.796 bits per heavy atom. The van der Waals surface area contributed by atoms with Crippen molar-refractivity contribution >= 4 is 119 Å². The number of nitrogen functional groups attached to an aromatic ring is 1. The normalized spacial score (nSPS) is 11.6. The number of hydrogen-bond donors (Lipinski definition) is 6. The van der Waals surface area contributed by atoms with Crippen LogP contribution in [0.5, 0.6) is 0 Å². The number of aromatic amines is 2. The molecule has 12 rings (SSSR count). The van der Waals surface area contributed by atoms with Crippen molar-refractivity contribution in [1.29, 1.82) is 26.5 Å². The average Bonchev–Trinajstić information content (AvgIpc) is 1.70. The molecular formula is C84H80Br2Cl4LiN12NaO9. The zero-order valence-corrected chi connectivity index (χ0v) is 69.9. The molecule has 0 unspecified atom stereocenters. The summed E-state index contributed by atoms with van der Waals surface area (Å²) in [6, 6.07) is 64.4. The third kappa shape index (κ3) is 34.0. The van der Waals surface area contributed by atoms with E-state index in [1.807, 2.05) is 125 Å². The number of benzene rings is 8. The van der Waals surface area contributed by atoms with E-state index in [9.17, 15) is 28.8 Å². The number of H-pyrrole nitrogens is 2. The van der Waals surface area contributed by atoms with Crippen LogP contribution in [-0.4, -0.2) is 113 Å². The monoisotopic (exact) mass is 1730 g/mol. The van der Waals surface area contributed by atoms with Crippen molar-refractivity contribution in [2.24, 2.45) is 5.73 Å². The van der Waals surface area contributed by atoms with E-state index >= 15 is 0 Å². The summed E-state index contributed by atoms with van der Waals surface area (Å²) in [4.78, 5) is 71.2. The molecule has 8 aromatic carbocycles. The van der Waals surface area contributed by atoms with E-state index in [-0.39, 0.29) is 103 Å². The van der Waals surface area contributed by atoms with Crippen molar-refractivity contribution in [2.75, 3.05) is 26.2 Å². The van der Waals surface area contributed by atoms with Gasteiger partial charge in [0.25, 0.3) is 0 Å². The van der Waals surface area contributed by atoms with E-state index in [0.717, 1.165) is 96.3 Å². The van der Waals surface area contributed by atoms with Crippen LogP contribution in [0, 0.1) is 51.2 Å². The molecule has 2 aliphatic rings. The minimum atomic E-state index is -0.884. The van der Waals surface area contributed by atoms with Crippen LogP contribution in [-0.2, 0) is 67.3 Å². The number of hydrogen-bond acceptors (Lipinski definition) is 14. The predicted octanol–water partition coefficient (Wildman–Crippen LogP) is 11.9. The Morgan fingerprint density at radius 1 is 0.496 bits per heavy atom. The van der Waals surface area contributed by atoms with Gasteiger partial charge in [0, 0.05) is 87.9 Å². The van der Waals surface area contributed by atoms with Crippen LogP contribution >= 0.6 is 78.3 Å². The van der Waals surface area contributed by atoms with Crippen LogP contribution in [0.15, 0.2) is 203 Å². The van der Waals surface area contributed by atoms with Crippen LogP contribution in [0.3, 0.4) is 0 Å². The third-order valence-corrected chi connectivity index (χ3v) is 19.4. The average molecular weight is 1730 g/mol.